The Morgan fingerprint density at radius 2 is 2.21 bits per heavy atom. The van der Waals surface area contributed by atoms with Crippen molar-refractivity contribution in [3.05, 3.63) is 35.6 Å². The van der Waals surface area contributed by atoms with Crippen LogP contribution in [-0.2, 0) is 0 Å². The Balaban J connectivity index is 2.17. The van der Waals surface area contributed by atoms with Gasteiger partial charge < -0.3 is 0 Å². The molecule has 0 bridgehead atoms. The van der Waals surface area contributed by atoms with Gasteiger partial charge in [-0.3, -0.25) is 4.79 Å². The van der Waals surface area contributed by atoms with Gasteiger partial charge in [-0.05, 0) is 30.9 Å². The highest BCUT2D eigenvalue weighted by molar-refractivity contribution is 5.97. The Labute approximate surface area is 82.9 Å². The number of Topliss-reactive ketones (excluding diaryl/α,β-unsaturated/α-hetero) is 1. The topological polar surface area (TPSA) is 17.1 Å². The maximum atomic E-state index is 12.9. The van der Waals surface area contributed by atoms with Crippen molar-refractivity contribution < 1.29 is 9.18 Å². The first-order chi connectivity index (χ1) is 6.68. The molecule has 2 rings (SSSR count). The van der Waals surface area contributed by atoms with Crippen molar-refractivity contribution in [3.8, 4) is 0 Å². The van der Waals surface area contributed by atoms with Gasteiger partial charge in [0.05, 0.1) is 0 Å². The lowest BCUT2D eigenvalue weighted by Gasteiger charge is -2.08. The van der Waals surface area contributed by atoms with E-state index in [1.54, 1.807) is 12.1 Å². The molecule has 1 aromatic carbocycles. The number of hydrogen-bond donors (Lipinski definition) is 0. The third-order valence-electron chi connectivity index (χ3n) is 2.85. The molecule has 0 spiro atoms. The molecular weight excluding hydrogens is 179 g/mol. The highest BCUT2D eigenvalue weighted by Gasteiger charge is 2.32. The van der Waals surface area contributed by atoms with Crippen molar-refractivity contribution in [2.24, 2.45) is 11.8 Å². The lowest BCUT2D eigenvalue weighted by atomic mass is 9.95. The fraction of sp³-hybridized carbons (Fsp3) is 0.417. The third kappa shape index (κ3) is 1.84. The van der Waals surface area contributed by atoms with Crippen molar-refractivity contribution in [1.82, 2.24) is 0 Å². The molecule has 0 aromatic heterocycles. The molecule has 1 unspecified atom stereocenters. The standard InChI is InChI=1S/C12H13FO/c1-8(9-5-6-9)12(14)10-3-2-4-11(13)7-10/h2-4,7-9H,5-6H2,1H3. The fourth-order valence-electron chi connectivity index (χ4n) is 1.71. The maximum Gasteiger partial charge on any atom is 0.166 e. The molecule has 0 radical (unpaired) electrons. The summed E-state index contributed by atoms with van der Waals surface area (Å²) in [5.74, 6) is 0.327. The molecule has 0 saturated heterocycles. The summed E-state index contributed by atoms with van der Waals surface area (Å²) in [7, 11) is 0. The minimum Gasteiger partial charge on any atom is -0.294 e. The number of carbonyl (C=O) groups is 1. The third-order valence-corrected chi connectivity index (χ3v) is 2.85. The first-order valence-corrected chi connectivity index (χ1v) is 4.98. The number of ketones is 1. The summed E-state index contributed by atoms with van der Waals surface area (Å²) in [5, 5.41) is 0. The predicted molar refractivity (Wildman–Crippen MR) is 52.6 cm³/mol. The zero-order valence-electron chi connectivity index (χ0n) is 8.16. The van der Waals surface area contributed by atoms with Crippen LogP contribution in [0.2, 0.25) is 0 Å². The van der Waals surface area contributed by atoms with Gasteiger partial charge in [0.1, 0.15) is 5.82 Å². The van der Waals surface area contributed by atoms with Crippen molar-refractivity contribution in [2.75, 3.05) is 0 Å². The van der Waals surface area contributed by atoms with Gasteiger partial charge in [0, 0.05) is 11.5 Å². The fourth-order valence-corrected chi connectivity index (χ4v) is 1.71. The molecule has 0 N–H and O–H groups in total. The van der Waals surface area contributed by atoms with Gasteiger partial charge in [0.2, 0.25) is 0 Å². The maximum absolute atomic E-state index is 12.9. The first-order valence-electron chi connectivity index (χ1n) is 4.98. The minimum atomic E-state index is -0.334. The molecule has 14 heavy (non-hydrogen) atoms. The van der Waals surface area contributed by atoms with Crippen molar-refractivity contribution in [1.29, 1.82) is 0 Å². The Morgan fingerprint density at radius 1 is 1.50 bits per heavy atom. The van der Waals surface area contributed by atoms with E-state index < -0.39 is 0 Å². The number of hydrogen-bond acceptors (Lipinski definition) is 1. The van der Waals surface area contributed by atoms with Crippen LogP contribution in [-0.4, -0.2) is 5.78 Å². The van der Waals surface area contributed by atoms with Crippen LogP contribution in [0.15, 0.2) is 24.3 Å². The zero-order chi connectivity index (χ0) is 10.1. The molecule has 1 atom stereocenters. The smallest absolute Gasteiger partial charge is 0.166 e. The lowest BCUT2D eigenvalue weighted by Crippen LogP contribution is -2.13. The summed E-state index contributed by atoms with van der Waals surface area (Å²) in [4.78, 5) is 11.8. The summed E-state index contributed by atoms with van der Waals surface area (Å²) >= 11 is 0. The van der Waals surface area contributed by atoms with Gasteiger partial charge in [-0.15, -0.1) is 0 Å². The molecule has 74 valence electrons. The second-order valence-corrected chi connectivity index (χ2v) is 4.00. The van der Waals surface area contributed by atoms with Crippen LogP contribution in [0.4, 0.5) is 4.39 Å². The number of benzene rings is 1. The molecule has 0 heterocycles. The van der Waals surface area contributed by atoms with Crippen LogP contribution < -0.4 is 0 Å². The molecule has 1 aliphatic carbocycles. The van der Waals surface area contributed by atoms with E-state index >= 15 is 0 Å². The van der Waals surface area contributed by atoms with Gasteiger partial charge in [0.15, 0.2) is 5.78 Å². The Bertz CT molecular complexity index is 355. The van der Waals surface area contributed by atoms with Gasteiger partial charge >= 0.3 is 0 Å². The van der Waals surface area contributed by atoms with Gasteiger partial charge in [0.25, 0.3) is 0 Å². The van der Waals surface area contributed by atoms with E-state index in [2.05, 4.69) is 0 Å². The normalized spacial score (nSPS) is 17.9. The monoisotopic (exact) mass is 192 g/mol. The number of halogens is 1. The van der Waals surface area contributed by atoms with Gasteiger partial charge in [-0.1, -0.05) is 19.1 Å². The summed E-state index contributed by atoms with van der Waals surface area (Å²) in [6.07, 6.45) is 2.28. The molecule has 1 nitrogen and oxygen atoms in total. The van der Waals surface area contributed by atoms with Gasteiger partial charge in [-0.25, -0.2) is 4.39 Å². The Kier molecular flexibility index (Phi) is 2.36. The Morgan fingerprint density at radius 3 is 2.79 bits per heavy atom. The van der Waals surface area contributed by atoms with E-state index in [0.717, 1.165) is 12.8 Å². The SMILES string of the molecule is CC(C(=O)c1cccc(F)c1)C1CC1. The second kappa shape index (κ2) is 3.52. The Hall–Kier alpha value is -1.18. The molecule has 0 aliphatic heterocycles. The van der Waals surface area contributed by atoms with Gasteiger partial charge in [-0.2, -0.15) is 0 Å². The van der Waals surface area contributed by atoms with Crippen LogP contribution >= 0.6 is 0 Å². The summed E-state index contributed by atoms with van der Waals surface area (Å²) < 4.78 is 12.9. The highest BCUT2D eigenvalue weighted by Crippen LogP contribution is 2.38. The molecule has 1 aliphatic rings. The molecule has 2 heteroatoms. The average Bonchev–Trinajstić information content (AvgIpc) is 2.99. The number of rotatable bonds is 3. The molecular formula is C12H13FO. The van der Waals surface area contributed by atoms with Crippen molar-refractivity contribution in [2.45, 2.75) is 19.8 Å². The lowest BCUT2D eigenvalue weighted by molar-refractivity contribution is 0.0916. The highest BCUT2D eigenvalue weighted by atomic mass is 19.1. The van der Waals surface area contributed by atoms with E-state index in [1.165, 1.54) is 12.1 Å². The van der Waals surface area contributed by atoms with Crippen LogP contribution in [0, 0.1) is 17.7 Å². The van der Waals surface area contributed by atoms with Crippen LogP contribution in [0.5, 0.6) is 0 Å². The minimum absolute atomic E-state index is 0.0526. The van der Waals surface area contributed by atoms with E-state index in [1.807, 2.05) is 6.92 Å². The van der Waals surface area contributed by atoms with Crippen molar-refractivity contribution in [3.63, 3.8) is 0 Å². The molecule has 1 aromatic rings. The van der Waals surface area contributed by atoms with Crippen molar-refractivity contribution >= 4 is 5.78 Å². The quantitative estimate of drug-likeness (QED) is 0.673. The van der Waals surface area contributed by atoms with Crippen LogP contribution in [0.25, 0.3) is 0 Å². The van der Waals surface area contributed by atoms with E-state index in [9.17, 15) is 9.18 Å². The number of carbonyl (C=O) groups excluding carboxylic acids is 1. The summed E-state index contributed by atoms with van der Waals surface area (Å²) in [6, 6.07) is 5.95. The summed E-state index contributed by atoms with van der Waals surface area (Å²) in [6.45, 7) is 1.94. The summed E-state index contributed by atoms with van der Waals surface area (Å²) in [5.41, 5.74) is 0.504. The van der Waals surface area contributed by atoms with Crippen LogP contribution in [0.3, 0.4) is 0 Å². The zero-order valence-corrected chi connectivity index (χ0v) is 8.16. The first kappa shape index (κ1) is 9.38. The van der Waals surface area contributed by atoms with E-state index in [-0.39, 0.29) is 17.5 Å². The van der Waals surface area contributed by atoms with E-state index in [0.29, 0.717) is 11.5 Å². The molecule has 0 amide bonds. The largest absolute Gasteiger partial charge is 0.294 e. The van der Waals surface area contributed by atoms with Crippen LogP contribution in [0.1, 0.15) is 30.1 Å². The van der Waals surface area contributed by atoms with E-state index in [4.69, 9.17) is 0 Å². The second-order valence-electron chi connectivity index (χ2n) is 4.00. The predicted octanol–water partition coefficient (Wildman–Crippen LogP) is 3.05. The molecule has 1 saturated carbocycles. The average molecular weight is 192 g/mol. The molecule has 1 fully saturated rings.